The van der Waals surface area contributed by atoms with E-state index in [2.05, 4.69) is 5.32 Å². The van der Waals surface area contributed by atoms with E-state index in [4.69, 9.17) is 5.73 Å². The van der Waals surface area contributed by atoms with Crippen molar-refractivity contribution >= 4 is 27.3 Å². The average Bonchev–Trinajstić information content (AvgIpc) is 3.15. The summed E-state index contributed by atoms with van der Waals surface area (Å²) < 4.78 is 39.2. The quantitative estimate of drug-likeness (QED) is 0.859. The summed E-state index contributed by atoms with van der Waals surface area (Å²) >= 11 is 0. The molecule has 1 saturated heterocycles. The molecule has 2 fully saturated rings. The van der Waals surface area contributed by atoms with Crippen LogP contribution in [0.5, 0.6) is 0 Å². The first-order chi connectivity index (χ1) is 11.4. The summed E-state index contributed by atoms with van der Waals surface area (Å²) in [5.41, 5.74) is 6.11. The Morgan fingerprint density at radius 3 is 2.79 bits per heavy atom. The fourth-order valence-electron chi connectivity index (χ4n) is 3.59. The summed E-state index contributed by atoms with van der Waals surface area (Å²) in [6, 6.07) is 4.03. The van der Waals surface area contributed by atoms with Gasteiger partial charge >= 0.3 is 0 Å². The van der Waals surface area contributed by atoms with Gasteiger partial charge in [-0.05, 0) is 49.9 Å². The maximum absolute atomic E-state index is 14.1. The van der Waals surface area contributed by atoms with Crippen LogP contribution in [0, 0.1) is 17.7 Å². The van der Waals surface area contributed by atoms with Gasteiger partial charge in [-0.2, -0.15) is 0 Å². The Bertz CT molecular complexity index is 738. The smallest absolute Gasteiger partial charge is 0.235 e. The van der Waals surface area contributed by atoms with Gasteiger partial charge in [-0.3, -0.25) is 9.10 Å². The molecule has 6 nitrogen and oxygen atoms in total. The second kappa shape index (κ2) is 6.68. The van der Waals surface area contributed by atoms with Crippen LogP contribution in [0.3, 0.4) is 0 Å². The number of anilines is 2. The molecule has 1 aromatic rings. The number of hydrogen-bond acceptors (Lipinski definition) is 4. The summed E-state index contributed by atoms with van der Waals surface area (Å²) in [6.45, 7) is 0.729. The van der Waals surface area contributed by atoms with Crippen molar-refractivity contribution in [3.63, 3.8) is 0 Å². The number of carbonyl (C=O) groups is 1. The molecule has 1 saturated carbocycles. The first-order valence-electron chi connectivity index (χ1n) is 8.23. The first kappa shape index (κ1) is 17.2. The zero-order valence-electron chi connectivity index (χ0n) is 13.4. The molecule has 3 rings (SSSR count). The first-order valence-corrected chi connectivity index (χ1v) is 9.84. The third kappa shape index (κ3) is 3.25. The van der Waals surface area contributed by atoms with Crippen LogP contribution >= 0.6 is 0 Å². The number of halogens is 1. The molecule has 0 bridgehead atoms. The number of nitrogens with two attached hydrogens (primary N) is 1. The lowest BCUT2D eigenvalue weighted by Gasteiger charge is -2.20. The van der Waals surface area contributed by atoms with Crippen LogP contribution in [-0.4, -0.2) is 33.2 Å². The summed E-state index contributed by atoms with van der Waals surface area (Å²) in [7, 11) is -3.47. The van der Waals surface area contributed by atoms with Crippen LogP contribution in [0.2, 0.25) is 0 Å². The molecule has 8 heteroatoms. The Kier molecular flexibility index (Phi) is 4.78. The number of amides is 1. The Morgan fingerprint density at radius 2 is 2.12 bits per heavy atom. The van der Waals surface area contributed by atoms with E-state index in [1.54, 1.807) is 0 Å². The highest BCUT2D eigenvalue weighted by atomic mass is 32.2. The number of sulfonamides is 1. The van der Waals surface area contributed by atoms with E-state index in [-0.39, 0.29) is 35.7 Å². The van der Waals surface area contributed by atoms with E-state index >= 15 is 0 Å². The van der Waals surface area contributed by atoms with Gasteiger partial charge in [0.2, 0.25) is 15.9 Å². The molecule has 1 aliphatic heterocycles. The molecular formula is C16H22FN3O3S. The lowest BCUT2D eigenvalue weighted by atomic mass is 9.95. The minimum Gasteiger partial charge on any atom is -0.330 e. The fraction of sp³-hybridized carbons (Fsp3) is 0.562. The van der Waals surface area contributed by atoms with E-state index in [0.717, 1.165) is 23.6 Å². The molecular weight excluding hydrogens is 333 g/mol. The van der Waals surface area contributed by atoms with Crippen LogP contribution in [0.25, 0.3) is 0 Å². The maximum Gasteiger partial charge on any atom is 0.235 e. The van der Waals surface area contributed by atoms with E-state index < -0.39 is 15.8 Å². The normalized spacial score (nSPS) is 25.8. The molecule has 0 unspecified atom stereocenters. The zero-order valence-corrected chi connectivity index (χ0v) is 14.2. The molecule has 1 aromatic carbocycles. The molecule has 1 heterocycles. The number of nitrogens with one attached hydrogen (secondary N) is 1. The summed E-state index contributed by atoms with van der Waals surface area (Å²) in [6.07, 6.45) is 3.18. The maximum atomic E-state index is 14.1. The van der Waals surface area contributed by atoms with Gasteiger partial charge in [-0.15, -0.1) is 0 Å². The monoisotopic (exact) mass is 355 g/mol. The molecule has 132 valence electrons. The summed E-state index contributed by atoms with van der Waals surface area (Å²) in [5, 5.41) is 2.78. The lowest BCUT2D eigenvalue weighted by molar-refractivity contribution is -0.120. The van der Waals surface area contributed by atoms with Crippen molar-refractivity contribution in [3.8, 4) is 0 Å². The van der Waals surface area contributed by atoms with Crippen LogP contribution < -0.4 is 15.4 Å². The second-order valence-corrected chi connectivity index (χ2v) is 8.44. The van der Waals surface area contributed by atoms with E-state index in [1.165, 1.54) is 18.2 Å². The number of benzene rings is 1. The van der Waals surface area contributed by atoms with Gasteiger partial charge in [-0.25, -0.2) is 12.8 Å². The Balaban J connectivity index is 1.80. The number of rotatable bonds is 4. The van der Waals surface area contributed by atoms with Crippen LogP contribution in [-0.2, 0) is 14.8 Å². The van der Waals surface area contributed by atoms with E-state index in [0.29, 0.717) is 18.7 Å². The predicted molar refractivity (Wildman–Crippen MR) is 90.7 cm³/mol. The molecule has 24 heavy (non-hydrogen) atoms. The lowest BCUT2D eigenvalue weighted by Crippen LogP contribution is -2.30. The number of carbonyl (C=O) groups excluding carboxylic acids is 1. The Hall–Kier alpha value is -1.67. The standard InChI is InChI=1S/C16H22FN3O3S/c17-14-6-5-12(9-15(14)20-7-2-8-24(20,22)23)19-16(21)13-4-1-3-11(13)10-18/h5-6,9,11,13H,1-4,7-8,10,18H2,(H,19,21)/t11-,13-/m1/s1. The third-order valence-corrected chi connectivity index (χ3v) is 6.74. The highest BCUT2D eigenvalue weighted by Crippen LogP contribution is 2.33. The van der Waals surface area contributed by atoms with Gasteiger partial charge in [0, 0.05) is 18.2 Å². The minimum absolute atomic E-state index is 0.00732. The van der Waals surface area contributed by atoms with Gasteiger partial charge in [0.15, 0.2) is 0 Å². The molecule has 3 N–H and O–H groups in total. The molecule has 2 atom stereocenters. The molecule has 0 radical (unpaired) electrons. The van der Waals surface area contributed by atoms with E-state index in [9.17, 15) is 17.6 Å². The fourth-order valence-corrected chi connectivity index (χ4v) is 5.15. The van der Waals surface area contributed by atoms with Crippen molar-refractivity contribution in [2.45, 2.75) is 25.7 Å². The van der Waals surface area contributed by atoms with Crippen molar-refractivity contribution in [1.82, 2.24) is 0 Å². The predicted octanol–water partition coefficient (Wildman–Crippen LogP) is 1.68. The molecule has 0 spiro atoms. The number of nitrogens with zero attached hydrogens (tertiary/aromatic N) is 1. The SMILES string of the molecule is NC[C@H]1CCC[C@H]1C(=O)Nc1ccc(F)c(N2CCCS2(=O)=O)c1. The van der Waals surface area contributed by atoms with Crippen molar-refractivity contribution in [1.29, 1.82) is 0 Å². The van der Waals surface area contributed by atoms with E-state index in [1.807, 2.05) is 0 Å². The highest BCUT2D eigenvalue weighted by molar-refractivity contribution is 7.93. The molecule has 2 aliphatic rings. The summed E-state index contributed by atoms with van der Waals surface area (Å²) in [4.78, 5) is 12.4. The van der Waals surface area contributed by atoms with Gasteiger partial charge < -0.3 is 11.1 Å². The molecule has 1 aliphatic carbocycles. The molecule has 0 aromatic heterocycles. The van der Waals surface area contributed by atoms with Crippen molar-refractivity contribution in [2.24, 2.45) is 17.6 Å². The zero-order chi connectivity index (χ0) is 17.3. The Morgan fingerprint density at radius 1 is 1.33 bits per heavy atom. The van der Waals surface area contributed by atoms with Crippen LogP contribution in [0.1, 0.15) is 25.7 Å². The van der Waals surface area contributed by atoms with Gasteiger partial charge in [0.05, 0.1) is 11.4 Å². The van der Waals surface area contributed by atoms with Crippen molar-refractivity contribution in [2.75, 3.05) is 28.5 Å². The second-order valence-electron chi connectivity index (χ2n) is 6.43. The Labute approximate surface area is 141 Å². The van der Waals surface area contributed by atoms with Crippen molar-refractivity contribution in [3.05, 3.63) is 24.0 Å². The van der Waals surface area contributed by atoms with Gasteiger partial charge in [-0.1, -0.05) is 6.42 Å². The average molecular weight is 355 g/mol. The van der Waals surface area contributed by atoms with Crippen molar-refractivity contribution < 1.29 is 17.6 Å². The van der Waals surface area contributed by atoms with Gasteiger partial charge in [0.25, 0.3) is 0 Å². The highest BCUT2D eigenvalue weighted by Gasteiger charge is 2.33. The largest absolute Gasteiger partial charge is 0.330 e. The van der Waals surface area contributed by atoms with Gasteiger partial charge in [0.1, 0.15) is 5.82 Å². The van der Waals surface area contributed by atoms with Crippen LogP contribution in [0.15, 0.2) is 18.2 Å². The minimum atomic E-state index is -3.47. The molecule has 1 amide bonds. The van der Waals surface area contributed by atoms with Crippen LogP contribution in [0.4, 0.5) is 15.8 Å². The third-order valence-electron chi connectivity index (χ3n) is 4.88. The summed E-state index contributed by atoms with van der Waals surface area (Å²) in [5.74, 6) is -0.699. The topological polar surface area (TPSA) is 92.5 Å². The number of hydrogen-bond donors (Lipinski definition) is 2.